The third-order valence-electron chi connectivity index (χ3n) is 6.32. The zero-order valence-corrected chi connectivity index (χ0v) is 13.3. The van der Waals surface area contributed by atoms with Gasteiger partial charge in [-0.1, -0.05) is 0 Å². The van der Waals surface area contributed by atoms with Crippen molar-refractivity contribution >= 4 is 0 Å². The molecule has 5 heteroatoms. The largest absolute Gasteiger partial charge is 0.396 e. The minimum atomic E-state index is 0.000716. The Morgan fingerprint density at radius 1 is 1.14 bits per heavy atom. The summed E-state index contributed by atoms with van der Waals surface area (Å²) in [5.74, 6) is 1.52. The predicted molar refractivity (Wildman–Crippen MR) is 85.0 cm³/mol. The van der Waals surface area contributed by atoms with Crippen LogP contribution in [0.1, 0.15) is 38.5 Å². The first-order valence-electron chi connectivity index (χ1n) is 8.97. The molecule has 0 saturated carbocycles. The lowest BCUT2D eigenvalue weighted by molar-refractivity contribution is 0.0816. The normalized spacial score (nSPS) is 44.6. The molecule has 0 aromatic heterocycles. The lowest BCUT2D eigenvalue weighted by atomic mass is 9.72. The maximum Gasteiger partial charge on any atom is 0.0949 e. The number of allylic oxidation sites excluding steroid dienone is 1. The third kappa shape index (κ3) is 2.30. The number of aliphatic hydroxyl groups is 2. The molecular formula is C17H29N3O2. The highest BCUT2D eigenvalue weighted by Gasteiger charge is 2.53. The molecular weight excluding hydrogens is 278 g/mol. The third-order valence-corrected chi connectivity index (χ3v) is 6.32. The van der Waals surface area contributed by atoms with Gasteiger partial charge in [0.05, 0.1) is 12.3 Å². The van der Waals surface area contributed by atoms with Gasteiger partial charge in [-0.3, -0.25) is 5.32 Å². The lowest BCUT2D eigenvalue weighted by Crippen LogP contribution is -2.65. The molecule has 5 atom stereocenters. The van der Waals surface area contributed by atoms with Gasteiger partial charge in [-0.05, 0) is 55.9 Å². The number of hydrogen-bond donors (Lipinski definition) is 5. The molecule has 4 aliphatic heterocycles. The van der Waals surface area contributed by atoms with Crippen LogP contribution in [0.5, 0.6) is 0 Å². The molecule has 0 radical (unpaired) electrons. The highest BCUT2D eigenvalue weighted by molar-refractivity contribution is 5.34. The smallest absolute Gasteiger partial charge is 0.0949 e. The molecule has 1 spiro atoms. The summed E-state index contributed by atoms with van der Waals surface area (Å²) >= 11 is 0. The Labute approximate surface area is 132 Å². The van der Waals surface area contributed by atoms with Crippen molar-refractivity contribution in [1.82, 2.24) is 16.0 Å². The van der Waals surface area contributed by atoms with Crippen molar-refractivity contribution in [2.24, 2.45) is 17.8 Å². The van der Waals surface area contributed by atoms with Gasteiger partial charge < -0.3 is 20.8 Å². The van der Waals surface area contributed by atoms with Crippen LogP contribution in [0.25, 0.3) is 0 Å². The fraction of sp³-hybridized carbons (Fsp3) is 0.882. The fourth-order valence-electron chi connectivity index (χ4n) is 5.38. The second-order valence-corrected chi connectivity index (χ2v) is 7.68. The average molecular weight is 307 g/mol. The first-order valence-corrected chi connectivity index (χ1v) is 8.97. The van der Waals surface area contributed by atoms with E-state index in [0.29, 0.717) is 24.4 Å². The minimum absolute atomic E-state index is 0.000716. The Morgan fingerprint density at radius 2 is 2.05 bits per heavy atom. The Bertz CT molecular complexity index is 467. The first kappa shape index (κ1) is 14.9. The number of aliphatic hydroxyl groups excluding tert-OH is 2. The number of piperidine rings is 3. The lowest BCUT2D eigenvalue weighted by Gasteiger charge is -2.47. The maximum atomic E-state index is 9.54. The minimum Gasteiger partial charge on any atom is -0.396 e. The summed E-state index contributed by atoms with van der Waals surface area (Å²) in [6, 6.07) is 0.233. The Balaban J connectivity index is 1.60. The molecule has 4 aliphatic rings. The van der Waals surface area contributed by atoms with Crippen LogP contribution in [0, 0.1) is 17.8 Å². The number of rotatable bonds is 3. The van der Waals surface area contributed by atoms with E-state index >= 15 is 0 Å². The van der Waals surface area contributed by atoms with E-state index in [2.05, 4.69) is 16.0 Å². The van der Waals surface area contributed by atoms with Crippen molar-refractivity contribution in [3.8, 4) is 0 Å². The number of fused-ring (bicyclic) bond motifs is 1. The van der Waals surface area contributed by atoms with Crippen molar-refractivity contribution in [1.29, 1.82) is 0 Å². The van der Waals surface area contributed by atoms with E-state index in [0.717, 1.165) is 32.4 Å². The van der Waals surface area contributed by atoms with Crippen LogP contribution in [0.2, 0.25) is 0 Å². The molecule has 0 amide bonds. The predicted octanol–water partition coefficient (Wildman–Crippen LogP) is 0.302. The summed E-state index contributed by atoms with van der Waals surface area (Å²) in [6.45, 7) is 2.52. The van der Waals surface area contributed by atoms with Crippen LogP contribution >= 0.6 is 0 Å². The maximum absolute atomic E-state index is 9.54. The van der Waals surface area contributed by atoms with Crippen LogP contribution in [-0.4, -0.2) is 48.2 Å². The summed E-state index contributed by atoms with van der Waals surface area (Å²) in [7, 11) is 0. The zero-order valence-electron chi connectivity index (χ0n) is 13.3. The van der Waals surface area contributed by atoms with E-state index in [1.807, 2.05) is 0 Å². The van der Waals surface area contributed by atoms with Crippen molar-refractivity contribution in [3.63, 3.8) is 0 Å². The van der Waals surface area contributed by atoms with Gasteiger partial charge in [-0.15, -0.1) is 0 Å². The van der Waals surface area contributed by atoms with Gasteiger partial charge in [0.2, 0.25) is 0 Å². The molecule has 0 aromatic carbocycles. The summed E-state index contributed by atoms with van der Waals surface area (Å²) in [5.41, 5.74) is 3.10. The molecule has 124 valence electrons. The topological polar surface area (TPSA) is 76.5 Å². The molecule has 0 aromatic rings. The summed E-state index contributed by atoms with van der Waals surface area (Å²) in [6.07, 6.45) is 6.90. The van der Waals surface area contributed by atoms with Crippen molar-refractivity contribution in [2.45, 2.75) is 50.2 Å². The first-order chi connectivity index (χ1) is 10.8. The SMILES string of the molecule is OCC1CCC2C([C@@H]3CNC[C@@H](CO)C3)=C3CCCC2(N3)N1. The van der Waals surface area contributed by atoms with Crippen molar-refractivity contribution in [2.75, 3.05) is 26.3 Å². The quantitative estimate of drug-likeness (QED) is 0.519. The van der Waals surface area contributed by atoms with Crippen LogP contribution in [0.4, 0.5) is 0 Å². The van der Waals surface area contributed by atoms with Crippen LogP contribution in [-0.2, 0) is 0 Å². The molecule has 2 bridgehead atoms. The molecule has 5 nitrogen and oxygen atoms in total. The Kier molecular flexibility index (Phi) is 3.93. The van der Waals surface area contributed by atoms with Gasteiger partial charge in [0.15, 0.2) is 0 Å². The van der Waals surface area contributed by atoms with E-state index in [9.17, 15) is 10.2 Å². The fourth-order valence-corrected chi connectivity index (χ4v) is 5.38. The molecule has 3 saturated heterocycles. The Morgan fingerprint density at radius 3 is 2.86 bits per heavy atom. The van der Waals surface area contributed by atoms with Gasteiger partial charge in [-0.2, -0.15) is 0 Å². The van der Waals surface area contributed by atoms with E-state index in [4.69, 9.17) is 0 Å². The van der Waals surface area contributed by atoms with Gasteiger partial charge in [-0.25, -0.2) is 0 Å². The highest BCUT2D eigenvalue weighted by atomic mass is 16.3. The summed E-state index contributed by atoms with van der Waals surface area (Å²) < 4.78 is 0. The molecule has 4 rings (SSSR count). The van der Waals surface area contributed by atoms with Gasteiger partial charge in [0.1, 0.15) is 0 Å². The van der Waals surface area contributed by atoms with Crippen molar-refractivity contribution < 1.29 is 10.2 Å². The molecule has 3 fully saturated rings. The van der Waals surface area contributed by atoms with E-state index in [-0.39, 0.29) is 18.3 Å². The monoisotopic (exact) mass is 307 g/mol. The van der Waals surface area contributed by atoms with Gasteiger partial charge in [0, 0.05) is 37.4 Å². The second-order valence-electron chi connectivity index (χ2n) is 7.68. The standard InChI is InChI=1S/C17H29N3O2/c21-9-11-6-12(8-18-7-11)16-14-4-3-13(10-22)19-17(14)5-1-2-15(16)20-17/h11-14,18-22H,1-10H2/t11-,12-,13?,14?,17?/m0/s1. The molecule has 3 unspecified atom stereocenters. The zero-order chi connectivity index (χ0) is 15.2. The molecule has 0 aliphatic carbocycles. The summed E-state index contributed by atoms with van der Waals surface area (Å²) in [5, 5.41) is 30.1. The van der Waals surface area contributed by atoms with Crippen LogP contribution in [0.3, 0.4) is 0 Å². The van der Waals surface area contributed by atoms with Crippen LogP contribution < -0.4 is 16.0 Å². The van der Waals surface area contributed by atoms with E-state index < -0.39 is 0 Å². The van der Waals surface area contributed by atoms with E-state index in [1.54, 1.807) is 5.57 Å². The molecule has 5 N–H and O–H groups in total. The molecule has 4 heterocycles. The molecule has 22 heavy (non-hydrogen) atoms. The van der Waals surface area contributed by atoms with Gasteiger partial charge in [0.25, 0.3) is 0 Å². The Hall–Kier alpha value is -0.620. The number of hydrogen-bond acceptors (Lipinski definition) is 5. The van der Waals surface area contributed by atoms with Gasteiger partial charge >= 0.3 is 0 Å². The van der Waals surface area contributed by atoms with Crippen molar-refractivity contribution in [3.05, 3.63) is 11.3 Å². The van der Waals surface area contributed by atoms with E-state index in [1.165, 1.54) is 25.0 Å². The highest BCUT2D eigenvalue weighted by Crippen LogP contribution is 2.50. The average Bonchev–Trinajstić information content (AvgIpc) is 2.79. The second kappa shape index (κ2) is 5.78. The number of nitrogens with one attached hydrogen (secondary N) is 3. The summed E-state index contributed by atoms with van der Waals surface area (Å²) in [4.78, 5) is 0. The van der Waals surface area contributed by atoms with Crippen LogP contribution in [0.15, 0.2) is 11.3 Å².